The van der Waals surface area contributed by atoms with Crippen molar-refractivity contribution in [2.24, 2.45) is 0 Å². The quantitative estimate of drug-likeness (QED) is 0.630. The molecule has 1 aromatic heterocycles. The largest absolute Gasteiger partial charge is 0.494 e. The number of ether oxygens (including phenoxy) is 1. The summed E-state index contributed by atoms with van der Waals surface area (Å²) >= 11 is 0. The summed E-state index contributed by atoms with van der Waals surface area (Å²) in [7, 11) is 0. The van der Waals surface area contributed by atoms with Gasteiger partial charge in [-0.15, -0.1) is 0 Å². The molecule has 0 bridgehead atoms. The van der Waals surface area contributed by atoms with Crippen LogP contribution in [-0.4, -0.2) is 34.7 Å². The van der Waals surface area contributed by atoms with Crippen molar-refractivity contribution in [1.29, 1.82) is 0 Å². The fraction of sp³-hybridized carbons (Fsp3) is 0.190. The molecular formula is C21H22N4O3. The number of amides is 2. The predicted molar refractivity (Wildman–Crippen MR) is 105 cm³/mol. The van der Waals surface area contributed by atoms with Gasteiger partial charge in [0.25, 0.3) is 5.91 Å². The van der Waals surface area contributed by atoms with Gasteiger partial charge in [0.2, 0.25) is 5.91 Å². The highest BCUT2D eigenvalue weighted by molar-refractivity contribution is 5.96. The second-order valence-corrected chi connectivity index (χ2v) is 6.05. The van der Waals surface area contributed by atoms with Crippen LogP contribution >= 0.6 is 0 Å². The molecule has 3 rings (SSSR count). The van der Waals surface area contributed by atoms with Gasteiger partial charge in [0, 0.05) is 23.9 Å². The molecule has 0 unspecified atom stereocenters. The van der Waals surface area contributed by atoms with Crippen LogP contribution in [0.3, 0.4) is 0 Å². The van der Waals surface area contributed by atoms with Crippen LogP contribution in [0.1, 0.15) is 22.8 Å². The van der Waals surface area contributed by atoms with Gasteiger partial charge in [0.1, 0.15) is 5.75 Å². The second-order valence-electron chi connectivity index (χ2n) is 6.05. The molecule has 2 amide bonds. The first-order valence-corrected chi connectivity index (χ1v) is 9.02. The van der Waals surface area contributed by atoms with Gasteiger partial charge in [-0.1, -0.05) is 18.2 Å². The van der Waals surface area contributed by atoms with Crippen molar-refractivity contribution in [1.82, 2.24) is 20.4 Å². The van der Waals surface area contributed by atoms with E-state index in [-0.39, 0.29) is 18.4 Å². The number of carbonyl (C=O) groups excluding carboxylic acids is 2. The minimum Gasteiger partial charge on any atom is -0.494 e. The van der Waals surface area contributed by atoms with Gasteiger partial charge >= 0.3 is 0 Å². The van der Waals surface area contributed by atoms with E-state index in [1.54, 1.807) is 35.1 Å². The minimum atomic E-state index is -0.310. The van der Waals surface area contributed by atoms with Gasteiger partial charge in [-0.2, -0.15) is 5.10 Å². The molecule has 0 aliphatic rings. The average molecular weight is 378 g/mol. The van der Waals surface area contributed by atoms with Crippen LogP contribution in [0.15, 0.2) is 67.0 Å². The molecule has 0 fully saturated rings. The highest BCUT2D eigenvalue weighted by Crippen LogP contribution is 2.12. The number of rotatable bonds is 8. The Balaban J connectivity index is 1.44. The summed E-state index contributed by atoms with van der Waals surface area (Å²) < 4.78 is 7.09. The highest BCUT2D eigenvalue weighted by Gasteiger charge is 2.09. The maximum absolute atomic E-state index is 12.1. The molecule has 7 nitrogen and oxygen atoms in total. The van der Waals surface area contributed by atoms with Crippen molar-refractivity contribution in [3.8, 4) is 11.4 Å². The Morgan fingerprint density at radius 1 is 1.04 bits per heavy atom. The van der Waals surface area contributed by atoms with E-state index in [1.165, 1.54) is 0 Å². The number of para-hydroxylation sites is 1. The number of hydrogen-bond acceptors (Lipinski definition) is 4. The second kappa shape index (κ2) is 9.36. The molecule has 7 heteroatoms. The minimum absolute atomic E-state index is 0.0983. The van der Waals surface area contributed by atoms with E-state index < -0.39 is 0 Å². The third-order valence-electron chi connectivity index (χ3n) is 3.98. The molecule has 28 heavy (non-hydrogen) atoms. The van der Waals surface area contributed by atoms with Gasteiger partial charge in [0.15, 0.2) is 0 Å². The normalized spacial score (nSPS) is 10.3. The lowest BCUT2D eigenvalue weighted by molar-refractivity contribution is -0.120. The molecule has 2 aromatic carbocycles. The monoisotopic (exact) mass is 378 g/mol. The fourth-order valence-electron chi connectivity index (χ4n) is 2.57. The molecule has 1 heterocycles. The summed E-state index contributed by atoms with van der Waals surface area (Å²) in [6, 6.07) is 16.5. The summed E-state index contributed by atoms with van der Waals surface area (Å²) in [4.78, 5) is 24.1. The van der Waals surface area contributed by atoms with E-state index in [9.17, 15) is 9.59 Å². The summed E-state index contributed by atoms with van der Waals surface area (Å²) in [6.45, 7) is 2.70. The van der Waals surface area contributed by atoms with Gasteiger partial charge in [-0.3, -0.25) is 9.59 Å². The molecule has 0 aliphatic heterocycles. The van der Waals surface area contributed by atoms with Crippen LogP contribution in [0.5, 0.6) is 5.75 Å². The van der Waals surface area contributed by atoms with Crippen molar-refractivity contribution in [3.05, 3.63) is 78.1 Å². The zero-order chi connectivity index (χ0) is 19.8. The molecule has 0 aliphatic carbocycles. The standard InChI is InChI=1S/C21H22N4O3/c1-2-28-19-10-8-17(9-11-19)21(27)23-14-20(26)22-12-16-13-24-25(15-16)18-6-4-3-5-7-18/h3-11,13,15H,2,12,14H2,1H3,(H,22,26)(H,23,27). The van der Waals surface area contributed by atoms with E-state index in [0.29, 0.717) is 24.5 Å². The van der Waals surface area contributed by atoms with Gasteiger partial charge in [-0.25, -0.2) is 4.68 Å². The molecule has 0 saturated carbocycles. The first-order chi connectivity index (χ1) is 13.7. The predicted octanol–water partition coefficient (Wildman–Crippen LogP) is 2.32. The Kier molecular flexibility index (Phi) is 6.41. The summed E-state index contributed by atoms with van der Waals surface area (Å²) in [6.07, 6.45) is 3.56. The summed E-state index contributed by atoms with van der Waals surface area (Å²) in [5, 5.41) is 9.66. The van der Waals surface area contributed by atoms with Crippen molar-refractivity contribution in [3.63, 3.8) is 0 Å². The smallest absolute Gasteiger partial charge is 0.251 e. The van der Waals surface area contributed by atoms with Crippen LogP contribution in [0.2, 0.25) is 0 Å². The van der Waals surface area contributed by atoms with Crippen LogP contribution in [0.4, 0.5) is 0 Å². The SMILES string of the molecule is CCOc1ccc(C(=O)NCC(=O)NCc2cnn(-c3ccccc3)c2)cc1. The molecule has 0 radical (unpaired) electrons. The van der Waals surface area contributed by atoms with E-state index in [2.05, 4.69) is 15.7 Å². The molecular weight excluding hydrogens is 356 g/mol. The third kappa shape index (κ3) is 5.20. The highest BCUT2D eigenvalue weighted by atomic mass is 16.5. The fourth-order valence-corrected chi connectivity index (χ4v) is 2.57. The maximum atomic E-state index is 12.1. The Hall–Kier alpha value is -3.61. The van der Waals surface area contributed by atoms with Crippen LogP contribution in [0, 0.1) is 0 Å². The van der Waals surface area contributed by atoms with Crippen molar-refractivity contribution in [2.75, 3.05) is 13.2 Å². The van der Waals surface area contributed by atoms with E-state index in [4.69, 9.17) is 4.74 Å². The van der Waals surface area contributed by atoms with Gasteiger partial charge in [-0.05, 0) is 43.3 Å². The molecule has 0 spiro atoms. The van der Waals surface area contributed by atoms with Crippen LogP contribution in [-0.2, 0) is 11.3 Å². The van der Waals surface area contributed by atoms with Crippen LogP contribution in [0.25, 0.3) is 5.69 Å². The first kappa shape index (κ1) is 19.2. The van der Waals surface area contributed by atoms with Gasteiger partial charge in [0.05, 0.1) is 25.0 Å². The number of nitrogens with zero attached hydrogens (tertiary/aromatic N) is 2. The number of carbonyl (C=O) groups is 2. The number of benzene rings is 2. The molecule has 2 N–H and O–H groups in total. The Morgan fingerprint density at radius 3 is 2.50 bits per heavy atom. The lowest BCUT2D eigenvalue weighted by atomic mass is 10.2. The maximum Gasteiger partial charge on any atom is 0.251 e. The number of nitrogens with one attached hydrogen (secondary N) is 2. The van der Waals surface area contributed by atoms with Crippen LogP contribution < -0.4 is 15.4 Å². The summed E-state index contributed by atoms with van der Waals surface area (Å²) in [5.41, 5.74) is 2.29. The van der Waals surface area contributed by atoms with E-state index in [0.717, 1.165) is 11.3 Å². The van der Waals surface area contributed by atoms with Crippen molar-refractivity contribution < 1.29 is 14.3 Å². The molecule has 0 atom stereocenters. The topological polar surface area (TPSA) is 85.2 Å². The Morgan fingerprint density at radius 2 is 1.79 bits per heavy atom. The number of aromatic nitrogens is 2. The summed E-state index contributed by atoms with van der Waals surface area (Å²) in [5.74, 6) is 0.120. The molecule has 0 saturated heterocycles. The third-order valence-corrected chi connectivity index (χ3v) is 3.98. The zero-order valence-electron chi connectivity index (χ0n) is 15.6. The lowest BCUT2D eigenvalue weighted by Crippen LogP contribution is -2.36. The number of hydrogen-bond donors (Lipinski definition) is 2. The lowest BCUT2D eigenvalue weighted by Gasteiger charge is -2.07. The zero-order valence-corrected chi connectivity index (χ0v) is 15.6. The van der Waals surface area contributed by atoms with E-state index >= 15 is 0 Å². The average Bonchev–Trinajstić information content (AvgIpc) is 3.21. The van der Waals surface area contributed by atoms with Crippen molar-refractivity contribution in [2.45, 2.75) is 13.5 Å². The first-order valence-electron chi connectivity index (χ1n) is 9.02. The Bertz CT molecular complexity index is 920. The van der Waals surface area contributed by atoms with Crippen molar-refractivity contribution >= 4 is 11.8 Å². The Labute approximate surface area is 163 Å². The molecule has 144 valence electrons. The van der Waals surface area contributed by atoms with E-state index in [1.807, 2.05) is 43.5 Å². The van der Waals surface area contributed by atoms with Gasteiger partial charge < -0.3 is 15.4 Å². The molecule has 3 aromatic rings.